The summed E-state index contributed by atoms with van der Waals surface area (Å²) in [6.07, 6.45) is 99.4. The first kappa shape index (κ1) is 86.6. The highest BCUT2D eigenvalue weighted by molar-refractivity contribution is 5.76. The molecule has 0 aromatic heterocycles. The molecule has 1 amide bonds. The van der Waals surface area contributed by atoms with Gasteiger partial charge in [0.15, 0.2) is 0 Å². The van der Waals surface area contributed by atoms with Crippen LogP contribution >= 0.6 is 0 Å². The lowest BCUT2D eigenvalue weighted by molar-refractivity contribution is -0.143. The van der Waals surface area contributed by atoms with Crippen molar-refractivity contribution in [3.05, 3.63) is 12.2 Å². The van der Waals surface area contributed by atoms with Gasteiger partial charge in [0.1, 0.15) is 0 Å². The SMILES string of the molecule is CCCCCCCCCCCCCC/C=C/C(O)C(CO)NC(=O)CCCCCCCCCCCCCCCCCCCCCCCCCCCCCCCCCCCCCCCCCOC(=O)CCCCCCCCCCCCCCCCCCCC. The first-order valence-corrected chi connectivity index (χ1v) is 41.0. The summed E-state index contributed by atoms with van der Waals surface area (Å²) < 4.78 is 5.52. The molecule has 0 saturated heterocycles. The standard InChI is InChI=1S/C82H161NO5/c1-3-5-7-9-11-13-15-17-19-20-45-48-52-56-60-64-68-72-76-82(87)88-77-73-69-65-61-57-53-49-46-43-41-39-37-35-33-31-29-27-25-23-21-22-24-26-28-30-32-34-36-38-40-42-44-47-51-55-59-63-67-71-75-81(86)83-79(78-84)80(85)74-70-66-62-58-54-50-18-16-14-12-10-8-6-4-2/h70,74,79-80,84-85H,3-69,71-73,75-78H2,1-2H3,(H,83,86)/b74-70+. The number of carbonyl (C=O) groups is 2. The van der Waals surface area contributed by atoms with Crippen molar-refractivity contribution in [3.63, 3.8) is 0 Å². The molecular weight excluding hydrogens is 1080 g/mol. The van der Waals surface area contributed by atoms with Gasteiger partial charge in [-0.2, -0.15) is 0 Å². The van der Waals surface area contributed by atoms with Crippen molar-refractivity contribution in [1.29, 1.82) is 0 Å². The molecule has 3 N–H and O–H groups in total. The molecule has 0 aliphatic carbocycles. The Morgan fingerprint density at radius 1 is 0.307 bits per heavy atom. The molecule has 0 aromatic carbocycles. The number of allylic oxidation sites excluding steroid dienone is 1. The van der Waals surface area contributed by atoms with E-state index in [1.807, 2.05) is 6.08 Å². The van der Waals surface area contributed by atoms with E-state index in [-0.39, 0.29) is 18.5 Å². The fourth-order valence-electron chi connectivity index (χ4n) is 13.3. The van der Waals surface area contributed by atoms with Gasteiger partial charge in [0.2, 0.25) is 5.91 Å². The molecule has 88 heavy (non-hydrogen) atoms. The van der Waals surface area contributed by atoms with Gasteiger partial charge < -0.3 is 20.3 Å². The zero-order valence-corrected chi connectivity index (χ0v) is 60.3. The molecule has 6 heteroatoms. The average molecular weight is 1240 g/mol. The highest BCUT2D eigenvalue weighted by Gasteiger charge is 2.18. The molecule has 0 aliphatic rings. The van der Waals surface area contributed by atoms with E-state index in [0.717, 1.165) is 38.5 Å². The van der Waals surface area contributed by atoms with Crippen LogP contribution in [0.4, 0.5) is 0 Å². The van der Waals surface area contributed by atoms with Gasteiger partial charge in [-0.15, -0.1) is 0 Å². The van der Waals surface area contributed by atoms with Crippen LogP contribution in [0.15, 0.2) is 12.2 Å². The van der Waals surface area contributed by atoms with Crippen LogP contribution in [-0.4, -0.2) is 47.4 Å². The van der Waals surface area contributed by atoms with Crippen molar-refractivity contribution in [2.45, 2.75) is 488 Å². The molecule has 6 nitrogen and oxygen atoms in total. The predicted molar refractivity (Wildman–Crippen MR) is 389 cm³/mol. The Morgan fingerprint density at radius 3 is 0.773 bits per heavy atom. The Hall–Kier alpha value is -1.40. The summed E-state index contributed by atoms with van der Waals surface area (Å²) >= 11 is 0. The fraction of sp³-hybridized carbons (Fsp3) is 0.951. The van der Waals surface area contributed by atoms with E-state index in [2.05, 4.69) is 19.2 Å². The Bertz CT molecular complexity index is 1340. The van der Waals surface area contributed by atoms with Crippen LogP contribution in [0.25, 0.3) is 0 Å². The zero-order chi connectivity index (χ0) is 63.5. The second kappa shape index (κ2) is 78.0. The van der Waals surface area contributed by atoms with E-state index in [1.165, 1.54) is 411 Å². The van der Waals surface area contributed by atoms with Crippen LogP contribution in [0, 0.1) is 0 Å². The molecule has 524 valence electrons. The molecule has 0 bridgehead atoms. The highest BCUT2D eigenvalue weighted by Crippen LogP contribution is 2.21. The van der Waals surface area contributed by atoms with E-state index in [0.29, 0.717) is 19.4 Å². The van der Waals surface area contributed by atoms with Crippen molar-refractivity contribution < 1.29 is 24.5 Å². The van der Waals surface area contributed by atoms with E-state index >= 15 is 0 Å². The minimum absolute atomic E-state index is 0.0295. The quantitative estimate of drug-likeness (QED) is 0.0320. The smallest absolute Gasteiger partial charge is 0.305 e. The predicted octanol–water partition coefficient (Wildman–Crippen LogP) is 27.1. The lowest BCUT2D eigenvalue weighted by Gasteiger charge is -2.20. The first-order chi connectivity index (χ1) is 43.5. The Balaban J connectivity index is 3.27. The van der Waals surface area contributed by atoms with E-state index in [4.69, 9.17) is 4.74 Å². The van der Waals surface area contributed by atoms with E-state index in [1.54, 1.807) is 6.08 Å². The molecule has 2 unspecified atom stereocenters. The molecule has 0 rings (SSSR count). The number of nitrogens with one attached hydrogen (secondary N) is 1. The number of carbonyl (C=O) groups excluding carboxylic acids is 2. The molecule has 0 heterocycles. The number of ether oxygens (including phenoxy) is 1. The number of aliphatic hydroxyl groups is 2. The third-order valence-corrected chi connectivity index (χ3v) is 19.6. The fourth-order valence-corrected chi connectivity index (χ4v) is 13.3. The van der Waals surface area contributed by atoms with Crippen molar-refractivity contribution in [2.24, 2.45) is 0 Å². The van der Waals surface area contributed by atoms with Crippen LogP contribution in [-0.2, 0) is 14.3 Å². The zero-order valence-electron chi connectivity index (χ0n) is 60.3. The van der Waals surface area contributed by atoms with Crippen molar-refractivity contribution >= 4 is 11.9 Å². The van der Waals surface area contributed by atoms with E-state index < -0.39 is 12.1 Å². The Morgan fingerprint density at radius 2 is 0.523 bits per heavy atom. The summed E-state index contributed by atoms with van der Waals surface area (Å²) in [7, 11) is 0. The molecule has 2 atom stereocenters. The number of hydrogen-bond acceptors (Lipinski definition) is 5. The lowest BCUT2D eigenvalue weighted by Crippen LogP contribution is -2.45. The van der Waals surface area contributed by atoms with Gasteiger partial charge in [0, 0.05) is 12.8 Å². The second-order valence-electron chi connectivity index (χ2n) is 28.5. The van der Waals surface area contributed by atoms with Crippen molar-refractivity contribution in [3.8, 4) is 0 Å². The number of rotatable bonds is 78. The number of amides is 1. The Kier molecular flexibility index (Phi) is 76.8. The van der Waals surface area contributed by atoms with Gasteiger partial charge in [0.05, 0.1) is 25.4 Å². The van der Waals surface area contributed by atoms with Gasteiger partial charge in [0.25, 0.3) is 0 Å². The molecule has 0 saturated carbocycles. The maximum Gasteiger partial charge on any atom is 0.305 e. The van der Waals surface area contributed by atoms with Crippen LogP contribution < -0.4 is 5.32 Å². The van der Waals surface area contributed by atoms with Gasteiger partial charge in [-0.3, -0.25) is 9.59 Å². The minimum Gasteiger partial charge on any atom is -0.466 e. The Labute approximate surface area is 552 Å². The summed E-state index contributed by atoms with van der Waals surface area (Å²) in [6.45, 7) is 4.96. The van der Waals surface area contributed by atoms with Gasteiger partial charge in [-0.1, -0.05) is 443 Å². The normalized spacial score (nSPS) is 12.5. The summed E-state index contributed by atoms with van der Waals surface area (Å²) in [4.78, 5) is 24.6. The lowest BCUT2D eigenvalue weighted by atomic mass is 10.0. The molecule has 0 aromatic rings. The summed E-state index contributed by atoms with van der Waals surface area (Å²) in [5.41, 5.74) is 0. The maximum absolute atomic E-state index is 12.5. The number of aliphatic hydroxyl groups excluding tert-OH is 2. The monoisotopic (exact) mass is 1240 g/mol. The number of hydrogen-bond donors (Lipinski definition) is 3. The van der Waals surface area contributed by atoms with Crippen molar-refractivity contribution in [2.75, 3.05) is 13.2 Å². The third kappa shape index (κ3) is 73.6. The second-order valence-corrected chi connectivity index (χ2v) is 28.5. The van der Waals surface area contributed by atoms with Crippen LogP contribution in [0.5, 0.6) is 0 Å². The largest absolute Gasteiger partial charge is 0.466 e. The summed E-state index contributed by atoms with van der Waals surface area (Å²) in [6, 6.07) is -0.622. The summed E-state index contributed by atoms with van der Waals surface area (Å²) in [5.74, 6) is -0.0293. The van der Waals surface area contributed by atoms with Gasteiger partial charge >= 0.3 is 5.97 Å². The minimum atomic E-state index is -0.839. The average Bonchev–Trinajstić information content (AvgIpc) is 3.57. The first-order valence-electron chi connectivity index (χ1n) is 41.0. The molecule has 0 fully saturated rings. The van der Waals surface area contributed by atoms with E-state index in [9.17, 15) is 19.8 Å². The molecule has 0 aliphatic heterocycles. The van der Waals surface area contributed by atoms with Gasteiger partial charge in [-0.25, -0.2) is 0 Å². The summed E-state index contributed by atoms with van der Waals surface area (Å²) in [5, 5.41) is 23.2. The van der Waals surface area contributed by atoms with Crippen molar-refractivity contribution in [1.82, 2.24) is 5.32 Å². The van der Waals surface area contributed by atoms with Gasteiger partial charge in [-0.05, 0) is 32.1 Å². The van der Waals surface area contributed by atoms with Crippen LogP contribution in [0.1, 0.15) is 476 Å². The van der Waals surface area contributed by atoms with Crippen LogP contribution in [0.2, 0.25) is 0 Å². The topological polar surface area (TPSA) is 95.9 Å². The molecule has 0 radical (unpaired) electrons. The number of esters is 1. The molecular formula is C82H161NO5. The highest BCUT2D eigenvalue weighted by atomic mass is 16.5. The molecule has 0 spiro atoms. The maximum atomic E-state index is 12.5. The number of unbranched alkanes of at least 4 members (excludes halogenated alkanes) is 67. The van der Waals surface area contributed by atoms with Crippen LogP contribution in [0.3, 0.4) is 0 Å². The third-order valence-electron chi connectivity index (χ3n) is 19.6.